The highest BCUT2D eigenvalue weighted by atomic mass is 31.3. The third-order valence-corrected chi connectivity index (χ3v) is 5.69. The number of nitrogens with one attached hydrogen (secondary N) is 1. The molecular formula is C10H17N2O12P2+. The van der Waals surface area contributed by atoms with Gasteiger partial charge in [-0.25, -0.2) is 19.2 Å². The van der Waals surface area contributed by atoms with Gasteiger partial charge in [0.15, 0.2) is 6.20 Å². The van der Waals surface area contributed by atoms with Gasteiger partial charge in [-0.05, 0) is 11.6 Å². The van der Waals surface area contributed by atoms with E-state index in [2.05, 4.69) is 8.94 Å². The van der Waals surface area contributed by atoms with Crippen LogP contribution in [0.25, 0.3) is 0 Å². The van der Waals surface area contributed by atoms with Gasteiger partial charge in [0.1, 0.15) is 6.10 Å². The molecule has 0 aromatic carbocycles. The van der Waals surface area contributed by atoms with E-state index < -0.39 is 57.3 Å². The number of carbonyl (C=O) groups excluding carboxylic acids is 2. The molecule has 0 radical (unpaired) electrons. The molecule has 0 aliphatic carbocycles. The Hall–Kier alpha value is -1.02. The minimum Gasteiger partial charge on any atom is -0.394 e. The summed E-state index contributed by atoms with van der Waals surface area (Å²) in [6, 6.07) is -1.33. The third-order valence-electron chi connectivity index (χ3n) is 3.54. The van der Waals surface area contributed by atoms with E-state index in [0.29, 0.717) is 0 Å². The van der Waals surface area contributed by atoms with Crippen molar-refractivity contribution in [3.8, 4) is 0 Å². The van der Waals surface area contributed by atoms with Gasteiger partial charge in [-0.3, -0.25) is 9.69 Å². The number of aliphatic hydroxyl groups is 2. The van der Waals surface area contributed by atoms with Crippen molar-refractivity contribution in [3.63, 3.8) is 0 Å². The molecule has 1 fully saturated rings. The highest BCUT2D eigenvalue weighted by Gasteiger charge is 2.60. The minimum atomic E-state index is -5.56. The van der Waals surface area contributed by atoms with Crippen molar-refractivity contribution in [1.29, 1.82) is 0 Å². The van der Waals surface area contributed by atoms with Crippen LogP contribution in [0.5, 0.6) is 0 Å². The van der Waals surface area contributed by atoms with Crippen molar-refractivity contribution >= 4 is 27.6 Å². The monoisotopic (exact) mass is 419 g/mol. The van der Waals surface area contributed by atoms with Gasteiger partial charge in [0, 0.05) is 0 Å². The molecule has 0 saturated carbocycles. The molecule has 148 valence electrons. The van der Waals surface area contributed by atoms with E-state index >= 15 is 0 Å². The van der Waals surface area contributed by atoms with E-state index in [4.69, 9.17) is 19.6 Å². The molecule has 5 atom stereocenters. The van der Waals surface area contributed by atoms with Crippen molar-refractivity contribution in [2.75, 3.05) is 6.61 Å². The van der Waals surface area contributed by atoms with Gasteiger partial charge in [-0.2, -0.15) is 4.31 Å². The molecule has 16 heteroatoms. The SMILES string of the molecule is CC1=C[N+](OP(=O)(O)OP(=O)(O)O)([C@H]2C[C@H](O)[C@@H](CO)O2)C(=O)NC1=O. The number of ether oxygens (including phenoxy) is 1. The Morgan fingerprint density at radius 2 is 1.96 bits per heavy atom. The highest BCUT2D eigenvalue weighted by molar-refractivity contribution is 7.60. The molecule has 2 unspecified atom stereocenters. The van der Waals surface area contributed by atoms with Crippen molar-refractivity contribution in [2.45, 2.75) is 31.8 Å². The maximum absolute atomic E-state index is 12.4. The van der Waals surface area contributed by atoms with Gasteiger partial charge >= 0.3 is 21.7 Å². The zero-order valence-corrected chi connectivity index (χ0v) is 14.9. The molecule has 14 nitrogen and oxygen atoms in total. The zero-order valence-electron chi connectivity index (χ0n) is 13.2. The summed E-state index contributed by atoms with van der Waals surface area (Å²) >= 11 is 0. The van der Waals surface area contributed by atoms with Crippen molar-refractivity contribution in [2.24, 2.45) is 0 Å². The topological polar surface area (TPSA) is 209 Å². The molecule has 1 saturated heterocycles. The highest BCUT2D eigenvalue weighted by Crippen LogP contribution is 2.60. The molecule has 0 aromatic heterocycles. The van der Waals surface area contributed by atoms with Gasteiger partial charge in [-0.1, -0.05) is 4.62 Å². The Kier molecular flexibility index (Phi) is 5.88. The van der Waals surface area contributed by atoms with E-state index in [0.717, 1.165) is 6.20 Å². The number of rotatable bonds is 6. The molecule has 2 rings (SSSR count). The Morgan fingerprint density at radius 1 is 1.35 bits per heavy atom. The summed E-state index contributed by atoms with van der Waals surface area (Å²) in [6.45, 7) is 0.565. The first-order chi connectivity index (χ1) is 11.8. The third kappa shape index (κ3) is 4.44. The molecule has 2 heterocycles. The summed E-state index contributed by atoms with van der Waals surface area (Å²) in [5, 5.41) is 20.8. The smallest absolute Gasteiger partial charge is 0.394 e. The first-order valence-electron chi connectivity index (χ1n) is 6.99. The Morgan fingerprint density at radius 3 is 2.46 bits per heavy atom. The molecule has 3 amide bonds. The number of hydrogen-bond acceptors (Lipinski definition) is 9. The maximum atomic E-state index is 12.4. The number of nitrogens with zero attached hydrogens (tertiary/aromatic N) is 1. The average molecular weight is 419 g/mol. The fraction of sp³-hybridized carbons (Fsp3) is 0.600. The predicted molar refractivity (Wildman–Crippen MR) is 78.0 cm³/mol. The molecule has 2 aliphatic rings. The first kappa shape index (κ1) is 21.3. The van der Waals surface area contributed by atoms with E-state index in [1.54, 1.807) is 0 Å². The number of imide groups is 1. The fourth-order valence-corrected chi connectivity index (χ4v) is 4.22. The molecule has 6 N–H and O–H groups in total. The number of hydrogen-bond donors (Lipinski definition) is 6. The van der Waals surface area contributed by atoms with Crippen LogP contribution in [0.1, 0.15) is 13.3 Å². The largest absolute Gasteiger partial charge is 0.528 e. The lowest BCUT2D eigenvalue weighted by Gasteiger charge is -2.35. The number of urea groups is 1. The number of amides is 3. The molecule has 0 spiro atoms. The fourth-order valence-electron chi connectivity index (χ4n) is 2.45. The number of quaternary nitrogens is 1. The summed E-state index contributed by atoms with van der Waals surface area (Å²) in [6.07, 6.45) is -3.61. The first-order valence-corrected chi connectivity index (χ1v) is 10.0. The van der Waals surface area contributed by atoms with Gasteiger partial charge in [-0.15, -0.1) is 0 Å². The Balaban J connectivity index is 2.47. The van der Waals surface area contributed by atoms with Crippen LogP contribution in [-0.2, 0) is 27.6 Å². The van der Waals surface area contributed by atoms with Crippen molar-refractivity contribution in [3.05, 3.63) is 11.8 Å². The summed E-state index contributed by atoms with van der Waals surface area (Å²) < 4.78 is 34.7. The van der Waals surface area contributed by atoms with E-state index in [1.165, 1.54) is 6.92 Å². The van der Waals surface area contributed by atoms with Crippen LogP contribution in [0.15, 0.2) is 11.8 Å². The van der Waals surface area contributed by atoms with Gasteiger partial charge < -0.3 is 24.7 Å². The van der Waals surface area contributed by atoms with E-state index in [9.17, 15) is 28.7 Å². The second-order valence-electron chi connectivity index (χ2n) is 5.52. The van der Waals surface area contributed by atoms with Crippen molar-refractivity contribution in [1.82, 2.24) is 5.32 Å². The van der Waals surface area contributed by atoms with Gasteiger partial charge in [0.05, 0.1) is 24.7 Å². The van der Waals surface area contributed by atoms with Gasteiger partial charge in [0.25, 0.3) is 5.91 Å². The predicted octanol–water partition coefficient (Wildman–Crippen LogP) is -1.43. The van der Waals surface area contributed by atoms with Gasteiger partial charge in [0.2, 0.25) is 6.23 Å². The average Bonchev–Trinajstić information content (AvgIpc) is 2.83. The number of carbonyl (C=O) groups is 2. The Bertz CT molecular complexity index is 734. The van der Waals surface area contributed by atoms with Crippen LogP contribution < -0.4 is 5.32 Å². The molecule has 2 aliphatic heterocycles. The summed E-state index contributed by atoms with van der Waals surface area (Å²) in [5.41, 5.74) is -0.161. The molecular weight excluding hydrogens is 402 g/mol. The van der Waals surface area contributed by atoms with E-state index in [-0.39, 0.29) is 12.0 Å². The lowest BCUT2D eigenvalue weighted by atomic mass is 10.1. The summed E-state index contributed by atoms with van der Waals surface area (Å²) in [4.78, 5) is 51.0. The van der Waals surface area contributed by atoms with Crippen LogP contribution in [-0.4, -0.2) is 66.5 Å². The number of phosphoric acid groups is 2. The maximum Gasteiger partial charge on any atom is 0.528 e. The van der Waals surface area contributed by atoms with Crippen LogP contribution >= 0.6 is 15.6 Å². The van der Waals surface area contributed by atoms with Crippen LogP contribution in [0.2, 0.25) is 0 Å². The second kappa shape index (κ2) is 7.19. The van der Waals surface area contributed by atoms with E-state index in [1.807, 2.05) is 5.32 Å². The molecule has 0 bridgehead atoms. The minimum absolute atomic E-state index is 0.161. The van der Waals surface area contributed by atoms with Crippen molar-refractivity contribution < 1.29 is 61.9 Å². The number of aliphatic hydroxyl groups excluding tert-OH is 2. The standard InChI is InChI=1S/C10H16N2O12P2/c1-5-3-12(10(16)11-9(5)15,8-2-6(14)7(4-13)22-8)23-26(20,21)24-25(17,18)19/h3,6-8,13-14H,2,4H2,1H3,(H3-,11,15,16,17,18,19,20,21)/p+1/t6-,7+,8+,12?/m0/s1. The summed E-state index contributed by atoms with van der Waals surface area (Å²) in [5.74, 6) is -0.853. The second-order valence-corrected chi connectivity index (χ2v) is 8.25. The molecule has 0 aromatic rings. The Labute approximate surface area is 146 Å². The summed E-state index contributed by atoms with van der Waals surface area (Å²) in [7, 11) is -11.1. The normalized spacial score (nSPS) is 35.0. The number of hydroxylamine groups is 3. The zero-order chi connectivity index (χ0) is 19.9. The van der Waals surface area contributed by atoms with Crippen LogP contribution in [0, 0.1) is 0 Å². The van der Waals surface area contributed by atoms with Crippen LogP contribution in [0.4, 0.5) is 4.79 Å². The quantitative estimate of drug-likeness (QED) is 0.216. The lowest BCUT2D eigenvalue weighted by molar-refractivity contribution is -1.01. The molecule has 26 heavy (non-hydrogen) atoms. The van der Waals surface area contributed by atoms with Crippen LogP contribution in [0.3, 0.4) is 0 Å². The lowest BCUT2D eigenvalue weighted by Crippen LogP contribution is -2.62.